The monoisotopic (exact) mass is 282 g/mol. The summed E-state index contributed by atoms with van der Waals surface area (Å²) in [5.41, 5.74) is -0.962. The average molecular weight is 282 g/mol. The number of hydrogen-bond acceptors (Lipinski definition) is 4. The number of rotatable bonds is 6. The molecule has 0 radical (unpaired) electrons. The summed E-state index contributed by atoms with van der Waals surface area (Å²) in [4.78, 5) is 21.0. The van der Waals surface area contributed by atoms with Crippen LogP contribution in [-0.2, 0) is 0 Å². The fraction of sp³-hybridized carbons (Fsp3) is 0.462. The van der Waals surface area contributed by atoms with Crippen molar-refractivity contribution in [2.75, 3.05) is 11.9 Å². The molecule has 1 aromatic carbocycles. The van der Waals surface area contributed by atoms with E-state index in [-0.39, 0.29) is 5.69 Å². The van der Waals surface area contributed by atoms with Crippen LogP contribution in [0.3, 0.4) is 0 Å². The van der Waals surface area contributed by atoms with Crippen LogP contribution in [0.1, 0.15) is 36.0 Å². The van der Waals surface area contributed by atoms with Crippen LogP contribution in [-0.4, -0.2) is 22.5 Å². The third kappa shape index (κ3) is 3.04. The summed E-state index contributed by atoms with van der Waals surface area (Å²) in [6.45, 7) is 0.510. The molecular weight excluding hydrogens is 267 g/mol. The molecule has 0 amide bonds. The zero-order valence-corrected chi connectivity index (χ0v) is 10.8. The molecule has 0 unspecified atom stereocenters. The van der Waals surface area contributed by atoms with E-state index in [1.165, 1.54) is 6.42 Å². The van der Waals surface area contributed by atoms with E-state index in [1.54, 1.807) is 0 Å². The van der Waals surface area contributed by atoms with E-state index in [9.17, 15) is 19.3 Å². The number of anilines is 1. The second kappa shape index (κ2) is 5.85. The van der Waals surface area contributed by atoms with E-state index >= 15 is 0 Å². The van der Waals surface area contributed by atoms with Gasteiger partial charge in [-0.25, -0.2) is 9.18 Å². The molecule has 2 rings (SSSR count). The maximum absolute atomic E-state index is 13.4. The number of nitrogens with one attached hydrogen (secondary N) is 1. The van der Waals surface area contributed by atoms with E-state index in [4.69, 9.17) is 5.11 Å². The minimum Gasteiger partial charge on any atom is -0.478 e. The van der Waals surface area contributed by atoms with Crippen molar-refractivity contribution in [2.24, 2.45) is 5.92 Å². The molecule has 0 heterocycles. The second-order valence-corrected chi connectivity index (χ2v) is 4.92. The topological polar surface area (TPSA) is 92.5 Å². The smallest absolute Gasteiger partial charge is 0.338 e. The van der Waals surface area contributed by atoms with Crippen molar-refractivity contribution >= 4 is 17.3 Å². The van der Waals surface area contributed by atoms with E-state index in [2.05, 4.69) is 5.32 Å². The van der Waals surface area contributed by atoms with Crippen molar-refractivity contribution in [2.45, 2.75) is 25.7 Å². The molecule has 108 valence electrons. The normalized spacial score (nSPS) is 14.7. The zero-order chi connectivity index (χ0) is 14.7. The van der Waals surface area contributed by atoms with Crippen molar-refractivity contribution < 1.29 is 19.2 Å². The van der Waals surface area contributed by atoms with Crippen LogP contribution in [0.15, 0.2) is 12.1 Å². The van der Waals surface area contributed by atoms with Gasteiger partial charge in [0.25, 0.3) is 5.69 Å². The molecule has 0 saturated heterocycles. The minimum atomic E-state index is -1.44. The second-order valence-electron chi connectivity index (χ2n) is 4.92. The summed E-state index contributed by atoms with van der Waals surface area (Å²) in [6.07, 6.45) is 4.41. The molecule has 0 spiro atoms. The fourth-order valence-electron chi connectivity index (χ4n) is 2.21. The van der Waals surface area contributed by atoms with Gasteiger partial charge in [0.05, 0.1) is 16.6 Å². The Bertz CT molecular complexity index is 543. The SMILES string of the molecule is O=C(O)c1cc(NCCC2CCC2)c([N+](=O)[O-])cc1F. The number of halogens is 1. The summed E-state index contributed by atoms with van der Waals surface area (Å²) in [5.74, 6) is -1.92. The Morgan fingerprint density at radius 1 is 1.50 bits per heavy atom. The number of benzene rings is 1. The van der Waals surface area contributed by atoms with Gasteiger partial charge in [0.1, 0.15) is 11.5 Å². The number of aromatic carboxylic acids is 1. The molecule has 1 aliphatic carbocycles. The number of carbonyl (C=O) groups is 1. The Labute approximate surface area is 114 Å². The molecule has 7 heteroatoms. The molecule has 1 fully saturated rings. The van der Waals surface area contributed by atoms with Crippen LogP contribution in [0, 0.1) is 21.8 Å². The minimum absolute atomic E-state index is 0.0492. The third-order valence-electron chi connectivity index (χ3n) is 3.61. The fourth-order valence-corrected chi connectivity index (χ4v) is 2.21. The van der Waals surface area contributed by atoms with Gasteiger partial charge < -0.3 is 10.4 Å². The van der Waals surface area contributed by atoms with E-state index in [0.29, 0.717) is 18.5 Å². The van der Waals surface area contributed by atoms with E-state index in [0.717, 1.165) is 25.3 Å². The number of carboxylic acids is 1. The maximum atomic E-state index is 13.4. The summed E-state index contributed by atoms with van der Waals surface area (Å²) in [7, 11) is 0. The van der Waals surface area contributed by atoms with Gasteiger partial charge >= 0.3 is 5.97 Å². The highest BCUT2D eigenvalue weighted by molar-refractivity contribution is 5.90. The largest absolute Gasteiger partial charge is 0.478 e. The number of nitrogens with zero attached hydrogens (tertiary/aromatic N) is 1. The van der Waals surface area contributed by atoms with Crippen LogP contribution in [0.25, 0.3) is 0 Å². The Morgan fingerprint density at radius 2 is 2.20 bits per heavy atom. The molecule has 1 aromatic rings. The lowest BCUT2D eigenvalue weighted by atomic mass is 9.83. The van der Waals surface area contributed by atoms with Crippen LogP contribution in [0.4, 0.5) is 15.8 Å². The van der Waals surface area contributed by atoms with E-state index < -0.39 is 28.0 Å². The first-order valence-electron chi connectivity index (χ1n) is 6.44. The molecule has 20 heavy (non-hydrogen) atoms. The lowest BCUT2D eigenvalue weighted by molar-refractivity contribution is -0.384. The van der Waals surface area contributed by atoms with Crippen LogP contribution >= 0.6 is 0 Å². The third-order valence-corrected chi connectivity index (χ3v) is 3.61. The average Bonchev–Trinajstić information content (AvgIpc) is 2.32. The Balaban J connectivity index is 2.16. The van der Waals surface area contributed by atoms with Gasteiger partial charge in [0.15, 0.2) is 0 Å². The molecule has 0 bridgehead atoms. The quantitative estimate of drug-likeness (QED) is 0.618. The Hall–Kier alpha value is -2.18. The summed E-state index contributed by atoms with van der Waals surface area (Å²) < 4.78 is 13.4. The lowest BCUT2D eigenvalue weighted by Crippen LogP contribution is -2.16. The Morgan fingerprint density at radius 3 is 2.70 bits per heavy atom. The molecule has 2 N–H and O–H groups in total. The van der Waals surface area contributed by atoms with Crippen molar-refractivity contribution in [3.63, 3.8) is 0 Å². The highest BCUT2D eigenvalue weighted by Crippen LogP contribution is 2.31. The van der Waals surface area contributed by atoms with Crippen LogP contribution < -0.4 is 5.32 Å². The molecular formula is C13H15FN2O4. The first-order chi connectivity index (χ1) is 9.49. The molecule has 1 aliphatic rings. The first kappa shape index (κ1) is 14.2. The van der Waals surface area contributed by atoms with Gasteiger partial charge in [0, 0.05) is 6.54 Å². The predicted octanol–water partition coefficient (Wildman–Crippen LogP) is 3.03. The standard InChI is InChI=1S/C13H15FN2O4/c14-10-7-12(16(19)20)11(6-9(10)13(17)18)15-5-4-8-2-1-3-8/h6-8,15H,1-5H2,(H,17,18). The number of hydrogen-bond donors (Lipinski definition) is 2. The van der Waals surface area contributed by atoms with E-state index in [1.807, 2.05) is 0 Å². The van der Waals surface area contributed by atoms with Gasteiger partial charge in [-0.2, -0.15) is 0 Å². The van der Waals surface area contributed by atoms with Gasteiger partial charge in [-0.15, -0.1) is 0 Å². The van der Waals surface area contributed by atoms with Gasteiger partial charge in [0.2, 0.25) is 0 Å². The molecule has 0 aliphatic heterocycles. The summed E-state index contributed by atoms with van der Waals surface area (Å²) in [5, 5.41) is 22.6. The lowest BCUT2D eigenvalue weighted by Gasteiger charge is -2.25. The molecule has 0 aromatic heterocycles. The van der Waals surface area contributed by atoms with Crippen molar-refractivity contribution in [3.8, 4) is 0 Å². The highest BCUT2D eigenvalue weighted by Gasteiger charge is 2.22. The van der Waals surface area contributed by atoms with Crippen molar-refractivity contribution in [3.05, 3.63) is 33.6 Å². The maximum Gasteiger partial charge on any atom is 0.338 e. The zero-order valence-electron chi connectivity index (χ0n) is 10.8. The van der Waals surface area contributed by atoms with Crippen LogP contribution in [0.2, 0.25) is 0 Å². The number of nitro benzene ring substituents is 1. The summed E-state index contributed by atoms with van der Waals surface area (Å²) >= 11 is 0. The molecule has 0 atom stereocenters. The molecule has 1 saturated carbocycles. The van der Waals surface area contributed by atoms with Crippen molar-refractivity contribution in [1.82, 2.24) is 0 Å². The summed E-state index contributed by atoms with van der Waals surface area (Å²) in [6, 6.07) is 1.63. The number of nitro groups is 1. The first-order valence-corrected chi connectivity index (χ1v) is 6.44. The van der Waals surface area contributed by atoms with Gasteiger partial charge in [-0.1, -0.05) is 19.3 Å². The predicted molar refractivity (Wildman–Crippen MR) is 70.5 cm³/mol. The van der Waals surface area contributed by atoms with Crippen molar-refractivity contribution in [1.29, 1.82) is 0 Å². The van der Waals surface area contributed by atoms with Gasteiger partial charge in [-0.05, 0) is 18.4 Å². The van der Waals surface area contributed by atoms with Gasteiger partial charge in [-0.3, -0.25) is 10.1 Å². The Kier molecular flexibility index (Phi) is 4.16. The van der Waals surface area contributed by atoms with Crippen LogP contribution in [0.5, 0.6) is 0 Å². The number of carboxylic acid groups (broad SMARTS) is 1. The highest BCUT2D eigenvalue weighted by atomic mass is 19.1. The molecule has 6 nitrogen and oxygen atoms in total.